The molecule has 0 radical (unpaired) electrons. The number of halogens is 2. The van der Waals surface area contributed by atoms with E-state index in [9.17, 15) is 4.79 Å². The molecule has 0 aliphatic carbocycles. The number of ether oxygens (including phenoxy) is 2. The van der Waals surface area contributed by atoms with Crippen molar-refractivity contribution < 1.29 is 14.3 Å². The van der Waals surface area contributed by atoms with Gasteiger partial charge in [-0.25, -0.2) is 0 Å². The van der Waals surface area contributed by atoms with Crippen molar-refractivity contribution in [2.24, 2.45) is 0 Å². The van der Waals surface area contributed by atoms with Crippen LogP contribution in [0.2, 0.25) is 5.02 Å². The molecule has 1 amide bonds. The van der Waals surface area contributed by atoms with Crippen LogP contribution in [0.5, 0.6) is 11.5 Å². The van der Waals surface area contributed by atoms with Gasteiger partial charge in [-0.1, -0.05) is 27.5 Å². The van der Waals surface area contributed by atoms with Gasteiger partial charge < -0.3 is 14.8 Å². The third-order valence-electron chi connectivity index (χ3n) is 2.82. The number of benzene rings is 2. The lowest BCUT2D eigenvalue weighted by atomic mass is 10.2. The van der Waals surface area contributed by atoms with Crippen LogP contribution >= 0.6 is 27.5 Å². The molecule has 110 valence electrons. The first-order valence-corrected chi connectivity index (χ1v) is 7.20. The Kier molecular flexibility index (Phi) is 5.09. The molecule has 0 saturated carbocycles. The van der Waals surface area contributed by atoms with E-state index in [1.807, 2.05) is 0 Å². The number of methoxy groups -OCH3 is 2. The minimum absolute atomic E-state index is 0.282. The summed E-state index contributed by atoms with van der Waals surface area (Å²) in [7, 11) is 3.06. The number of amides is 1. The molecule has 0 aromatic heterocycles. The predicted octanol–water partition coefficient (Wildman–Crippen LogP) is 4.37. The van der Waals surface area contributed by atoms with Gasteiger partial charge in [0, 0.05) is 10.0 Å². The summed E-state index contributed by atoms with van der Waals surface area (Å²) in [6.45, 7) is 0. The van der Waals surface area contributed by atoms with Crippen molar-refractivity contribution in [3.8, 4) is 11.5 Å². The second-order valence-electron chi connectivity index (χ2n) is 4.15. The second-order valence-corrected chi connectivity index (χ2v) is 5.47. The molecule has 0 aliphatic heterocycles. The predicted molar refractivity (Wildman–Crippen MR) is 86.7 cm³/mol. The Morgan fingerprint density at radius 2 is 1.81 bits per heavy atom. The van der Waals surface area contributed by atoms with E-state index < -0.39 is 0 Å². The van der Waals surface area contributed by atoms with Gasteiger partial charge >= 0.3 is 0 Å². The monoisotopic (exact) mass is 369 g/mol. The van der Waals surface area contributed by atoms with Crippen molar-refractivity contribution in [1.82, 2.24) is 0 Å². The molecule has 0 fully saturated rings. The maximum Gasteiger partial charge on any atom is 0.255 e. The molecule has 0 bridgehead atoms. The summed E-state index contributed by atoms with van der Waals surface area (Å²) in [6, 6.07) is 10.2. The van der Waals surface area contributed by atoms with Gasteiger partial charge in [-0.2, -0.15) is 0 Å². The zero-order valence-electron chi connectivity index (χ0n) is 11.4. The van der Waals surface area contributed by atoms with Gasteiger partial charge in [0.05, 0.1) is 24.9 Å². The fourth-order valence-electron chi connectivity index (χ4n) is 1.77. The van der Waals surface area contributed by atoms with Crippen molar-refractivity contribution in [3.05, 3.63) is 51.5 Å². The van der Waals surface area contributed by atoms with E-state index in [1.165, 1.54) is 7.11 Å². The Hall–Kier alpha value is -1.72. The minimum Gasteiger partial charge on any atom is -0.493 e. The van der Waals surface area contributed by atoms with E-state index in [0.717, 1.165) is 4.47 Å². The summed E-state index contributed by atoms with van der Waals surface area (Å²) in [5.41, 5.74) is 0.981. The van der Waals surface area contributed by atoms with E-state index in [-0.39, 0.29) is 5.91 Å². The zero-order valence-corrected chi connectivity index (χ0v) is 13.8. The van der Waals surface area contributed by atoms with Crippen molar-refractivity contribution in [3.63, 3.8) is 0 Å². The highest BCUT2D eigenvalue weighted by molar-refractivity contribution is 9.10. The molecular formula is C15H13BrClNO3. The van der Waals surface area contributed by atoms with Gasteiger partial charge in [0.2, 0.25) is 0 Å². The summed E-state index contributed by atoms with van der Waals surface area (Å²) < 4.78 is 11.1. The number of carbonyl (C=O) groups excluding carboxylic acids is 1. The topological polar surface area (TPSA) is 47.6 Å². The van der Waals surface area contributed by atoms with Gasteiger partial charge in [0.15, 0.2) is 11.5 Å². The van der Waals surface area contributed by atoms with Crippen LogP contribution in [-0.4, -0.2) is 20.1 Å². The molecule has 2 rings (SSSR count). The van der Waals surface area contributed by atoms with E-state index in [0.29, 0.717) is 27.8 Å². The van der Waals surface area contributed by atoms with Crippen molar-refractivity contribution in [2.75, 3.05) is 19.5 Å². The summed E-state index contributed by atoms with van der Waals surface area (Å²) in [5.74, 6) is 0.774. The third kappa shape index (κ3) is 3.68. The number of rotatable bonds is 4. The lowest BCUT2D eigenvalue weighted by molar-refractivity contribution is 0.102. The van der Waals surface area contributed by atoms with Gasteiger partial charge in [-0.05, 0) is 36.4 Å². The second kappa shape index (κ2) is 6.83. The maximum atomic E-state index is 12.3. The first-order valence-electron chi connectivity index (χ1n) is 6.03. The van der Waals surface area contributed by atoms with Crippen LogP contribution in [-0.2, 0) is 0 Å². The smallest absolute Gasteiger partial charge is 0.255 e. The Balaban J connectivity index is 2.26. The number of hydrogen-bond donors (Lipinski definition) is 1. The highest BCUT2D eigenvalue weighted by atomic mass is 79.9. The highest BCUT2D eigenvalue weighted by Gasteiger charge is 2.12. The molecule has 2 aromatic rings. The van der Waals surface area contributed by atoms with E-state index in [1.54, 1.807) is 43.5 Å². The van der Waals surface area contributed by atoms with Crippen LogP contribution in [0.25, 0.3) is 0 Å². The summed E-state index contributed by atoms with van der Waals surface area (Å²) in [5, 5.41) is 3.22. The van der Waals surface area contributed by atoms with Crippen molar-refractivity contribution >= 4 is 39.1 Å². The third-order valence-corrected chi connectivity index (χ3v) is 3.65. The SMILES string of the molecule is COc1ccc(C(=O)Nc2cc(Br)ccc2Cl)cc1OC. The van der Waals surface area contributed by atoms with Gasteiger partial charge in [-0.15, -0.1) is 0 Å². The molecule has 0 heterocycles. The van der Waals surface area contributed by atoms with Crippen LogP contribution in [0.1, 0.15) is 10.4 Å². The van der Waals surface area contributed by atoms with Gasteiger partial charge in [0.25, 0.3) is 5.91 Å². The maximum absolute atomic E-state index is 12.3. The molecule has 2 aromatic carbocycles. The van der Waals surface area contributed by atoms with E-state index in [2.05, 4.69) is 21.2 Å². The Morgan fingerprint density at radius 1 is 1.10 bits per heavy atom. The molecule has 0 unspecified atom stereocenters. The first kappa shape index (κ1) is 15.7. The van der Waals surface area contributed by atoms with Crippen molar-refractivity contribution in [2.45, 2.75) is 0 Å². The Morgan fingerprint density at radius 3 is 2.48 bits per heavy atom. The molecule has 1 N–H and O–H groups in total. The number of anilines is 1. The van der Waals surface area contributed by atoms with Crippen LogP contribution in [0.15, 0.2) is 40.9 Å². The average Bonchev–Trinajstić information content (AvgIpc) is 2.50. The lowest BCUT2D eigenvalue weighted by Gasteiger charge is -2.11. The summed E-state index contributed by atoms with van der Waals surface area (Å²) in [6.07, 6.45) is 0. The highest BCUT2D eigenvalue weighted by Crippen LogP contribution is 2.29. The first-order chi connectivity index (χ1) is 10.0. The van der Waals surface area contributed by atoms with E-state index >= 15 is 0 Å². The quantitative estimate of drug-likeness (QED) is 0.869. The lowest BCUT2D eigenvalue weighted by Crippen LogP contribution is -2.12. The molecule has 0 atom stereocenters. The van der Waals surface area contributed by atoms with Crippen LogP contribution in [0.4, 0.5) is 5.69 Å². The molecule has 0 spiro atoms. The van der Waals surface area contributed by atoms with Gasteiger partial charge in [-0.3, -0.25) is 4.79 Å². The zero-order chi connectivity index (χ0) is 15.4. The van der Waals surface area contributed by atoms with Crippen molar-refractivity contribution in [1.29, 1.82) is 0 Å². The summed E-state index contributed by atoms with van der Waals surface area (Å²) in [4.78, 5) is 12.3. The molecular weight excluding hydrogens is 358 g/mol. The largest absolute Gasteiger partial charge is 0.493 e. The van der Waals surface area contributed by atoms with Crippen LogP contribution < -0.4 is 14.8 Å². The Bertz CT molecular complexity index is 676. The minimum atomic E-state index is -0.282. The normalized spacial score (nSPS) is 10.1. The average molecular weight is 371 g/mol. The Labute approximate surface area is 136 Å². The molecule has 21 heavy (non-hydrogen) atoms. The van der Waals surface area contributed by atoms with Crippen LogP contribution in [0.3, 0.4) is 0 Å². The molecule has 6 heteroatoms. The summed E-state index contributed by atoms with van der Waals surface area (Å²) >= 11 is 9.39. The fraction of sp³-hybridized carbons (Fsp3) is 0.133. The number of nitrogens with one attached hydrogen (secondary N) is 1. The number of hydrogen-bond acceptors (Lipinski definition) is 3. The standard InChI is InChI=1S/C15H13BrClNO3/c1-20-13-6-3-9(7-14(13)21-2)15(19)18-12-8-10(16)4-5-11(12)17/h3-8H,1-2H3,(H,18,19). The fourth-order valence-corrected chi connectivity index (χ4v) is 2.29. The van der Waals surface area contributed by atoms with Gasteiger partial charge in [0.1, 0.15) is 0 Å². The van der Waals surface area contributed by atoms with Crippen LogP contribution in [0, 0.1) is 0 Å². The molecule has 0 aliphatic rings. The number of carbonyl (C=O) groups is 1. The van der Waals surface area contributed by atoms with E-state index in [4.69, 9.17) is 21.1 Å². The molecule has 4 nitrogen and oxygen atoms in total. The molecule has 0 saturated heterocycles.